The average Bonchev–Trinajstić information content (AvgIpc) is 2.30. The first-order chi connectivity index (χ1) is 8.10. The van der Waals surface area contributed by atoms with Crippen LogP contribution in [0.2, 0.25) is 0 Å². The molecule has 0 aliphatic rings. The van der Waals surface area contributed by atoms with Gasteiger partial charge >= 0.3 is 0 Å². The molecule has 0 bridgehead atoms. The number of rotatable bonds is 6. The van der Waals surface area contributed by atoms with E-state index in [-0.39, 0.29) is 23.2 Å². The van der Waals surface area contributed by atoms with E-state index < -0.39 is 11.6 Å². The lowest BCUT2D eigenvalue weighted by Crippen LogP contribution is -2.27. The molecule has 0 radical (unpaired) electrons. The van der Waals surface area contributed by atoms with Crippen molar-refractivity contribution in [3.8, 4) is 0 Å². The largest absolute Gasteiger partial charge is 0.395 e. The van der Waals surface area contributed by atoms with Crippen LogP contribution < -0.4 is 0 Å². The monoisotopic (exact) mass is 305 g/mol. The maximum atomic E-state index is 13.7. The number of benzene rings is 1. The number of hydrogen-bond acceptors (Lipinski definition) is 2. The van der Waals surface area contributed by atoms with Gasteiger partial charge in [0.2, 0.25) is 0 Å². The minimum atomic E-state index is -0.600. The van der Waals surface area contributed by atoms with Crippen LogP contribution in [0.15, 0.2) is 29.3 Å². The van der Waals surface area contributed by atoms with Crippen LogP contribution in [0, 0.1) is 11.6 Å². The molecule has 1 aromatic carbocycles. The molecule has 2 nitrogen and oxygen atoms in total. The predicted octanol–water partition coefficient (Wildman–Crippen LogP) is 2.71. The Kier molecular flexibility index (Phi) is 5.74. The molecule has 1 aromatic rings. The Balaban J connectivity index is 2.91. The number of aliphatic hydroxyl groups is 1. The van der Waals surface area contributed by atoms with Crippen LogP contribution in [0.4, 0.5) is 8.78 Å². The van der Waals surface area contributed by atoms with Gasteiger partial charge in [0, 0.05) is 25.2 Å². The van der Waals surface area contributed by atoms with Gasteiger partial charge in [-0.3, -0.25) is 4.90 Å². The van der Waals surface area contributed by atoms with E-state index >= 15 is 0 Å². The fourth-order valence-electron chi connectivity index (χ4n) is 1.50. The van der Waals surface area contributed by atoms with Crippen LogP contribution in [0.1, 0.15) is 5.56 Å². The van der Waals surface area contributed by atoms with Gasteiger partial charge in [-0.25, -0.2) is 8.78 Å². The van der Waals surface area contributed by atoms with Crippen LogP contribution in [-0.4, -0.2) is 29.7 Å². The standard InChI is InChI=1S/C12H14BrF2NO/c1-2-5-16(6-7-17)8-9-11(14)4-3-10(13)12(9)15/h2-4,17H,1,5-8H2. The van der Waals surface area contributed by atoms with Crippen LogP contribution in [0.5, 0.6) is 0 Å². The molecule has 1 rings (SSSR count). The van der Waals surface area contributed by atoms with Crippen LogP contribution >= 0.6 is 15.9 Å². The highest BCUT2D eigenvalue weighted by Gasteiger charge is 2.15. The van der Waals surface area contributed by atoms with Crippen molar-refractivity contribution in [2.75, 3.05) is 19.7 Å². The first kappa shape index (κ1) is 14.3. The molecule has 0 aromatic heterocycles. The first-order valence-electron chi connectivity index (χ1n) is 5.16. The molecule has 0 aliphatic carbocycles. The summed E-state index contributed by atoms with van der Waals surface area (Å²) in [6.45, 7) is 4.41. The second-order valence-corrected chi connectivity index (χ2v) is 4.42. The molecule has 0 heterocycles. The van der Waals surface area contributed by atoms with E-state index in [0.717, 1.165) is 0 Å². The normalized spacial score (nSPS) is 10.9. The number of halogens is 3. The lowest BCUT2D eigenvalue weighted by atomic mass is 10.2. The van der Waals surface area contributed by atoms with Gasteiger partial charge in [0.15, 0.2) is 0 Å². The molecule has 0 aliphatic heterocycles. The van der Waals surface area contributed by atoms with Gasteiger partial charge in [-0.2, -0.15) is 0 Å². The Morgan fingerprint density at radius 3 is 2.71 bits per heavy atom. The zero-order valence-electron chi connectivity index (χ0n) is 9.30. The van der Waals surface area contributed by atoms with Gasteiger partial charge in [0.1, 0.15) is 11.6 Å². The van der Waals surface area contributed by atoms with Gasteiger partial charge in [-0.05, 0) is 28.1 Å². The van der Waals surface area contributed by atoms with E-state index in [1.165, 1.54) is 12.1 Å². The topological polar surface area (TPSA) is 23.5 Å². The average molecular weight is 306 g/mol. The molecule has 17 heavy (non-hydrogen) atoms. The molecule has 0 amide bonds. The second kappa shape index (κ2) is 6.83. The maximum Gasteiger partial charge on any atom is 0.144 e. The van der Waals surface area contributed by atoms with Crippen molar-refractivity contribution in [1.82, 2.24) is 4.90 Å². The lowest BCUT2D eigenvalue weighted by Gasteiger charge is -2.20. The van der Waals surface area contributed by atoms with E-state index in [1.54, 1.807) is 11.0 Å². The smallest absolute Gasteiger partial charge is 0.144 e. The van der Waals surface area contributed by atoms with Gasteiger partial charge in [-0.1, -0.05) is 6.08 Å². The summed E-state index contributed by atoms with van der Waals surface area (Å²) in [4.78, 5) is 1.71. The highest BCUT2D eigenvalue weighted by molar-refractivity contribution is 9.10. The summed E-state index contributed by atoms with van der Waals surface area (Å²) in [5.74, 6) is -1.19. The second-order valence-electron chi connectivity index (χ2n) is 3.57. The van der Waals surface area contributed by atoms with E-state index in [2.05, 4.69) is 22.5 Å². The molecule has 1 N–H and O–H groups in total. The molecular weight excluding hydrogens is 292 g/mol. The van der Waals surface area contributed by atoms with E-state index in [0.29, 0.717) is 13.1 Å². The van der Waals surface area contributed by atoms with Crippen molar-refractivity contribution in [2.45, 2.75) is 6.54 Å². The van der Waals surface area contributed by atoms with Crippen molar-refractivity contribution in [3.63, 3.8) is 0 Å². The summed E-state index contributed by atoms with van der Waals surface area (Å²) in [6.07, 6.45) is 1.63. The van der Waals surface area contributed by atoms with Crippen LogP contribution in [-0.2, 0) is 6.54 Å². The third-order valence-electron chi connectivity index (χ3n) is 2.32. The number of hydrogen-bond donors (Lipinski definition) is 1. The Labute approximate surface area is 108 Å². The molecule has 5 heteroatoms. The van der Waals surface area contributed by atoms with E-state index in [1.807, 2.05) is 0 Å². The fraction of sp³-hybridized carbons (Fsp3) is 0.333. The summed E-state index contributed by atoms with van der Waals surface area (Å²) >= 11 is 3.02. The summed E-state index contributed by atoms with van der Waals surface area (Å²) in [7, 11) is 0. The van der Waals surface area contributed by atoms with Crippen molar-refractivity contribution < 1.29 is 13.9 Å². The zero-order chi connectivity index (χ0) is 12.8. The van der Waals surface area contributed by atoms with Gasteiger partial charge in [-0.15, -0.1) is 6.58 Å². The highest BCUT2D eigenvalue weighted by atomic mass is 79.9. The molecular formula is C12H14BrF2NO. The van der Waals surface area contributed by atoms with Crippen molar-refractivity contribution in [3.05, 3.63) is 46.5 Å². The summed E-state index contributed by atoms with van der Waals surface area (Å²) in [5, 5.41) is 8.86. The summed E-state index contributed by atoms with van der Waals surface area (Å²) < 4.78 is 27.4. The molecule has 0 fully saturated rings. The third kappa shape index (κ3) is 3.87. The maximum absolute atomic E-state index is 13.7. The number of nitrogens with zero attached hydrogens (tertiary/aromatic N) is 1. The predicted molar refractivity (Wildman–Crippen MR) is 66.6 cm³/mol. The van der Waals surface area contributed by atoms with Crippen LogP contribution in [0.3, 0.4) is 0 Å². The van der Waals surface area contributed by atoms with Crippen molar-refractivity contribution in [1.29, 1.82) is 0 Å². The van der Waals surface area contributed by atoms with Gasteiger partial charge in [0.25, 0.3) is 0 Å². The van der Waals surface area contributed by atoms with E-state index in [9.17, 15) is 8.78 Å². The Morgan fingerprint density at radius 2 is 2.12 bits per heavy atom. The van der Waals surface area contributed by atoms with Crippen LogP contribution in [0.25, 0.3) is 0 Å². The number of aliphatic hydroxyl groups excluding tert-OH is 1. The lowest BCUT2D eigenvalue weighted by molar-refractivity contribution is 0.200. The molecule has 0 saturated carbocycles. The van der Waals surface area contributed by atoms with Gasteiger partial charge in [0.05, 0.1) is 11.1 Å². The first-order valence-corrected chi connectivity index (χ1v) is 5.96. The highest BCUT2D eigenvalue weighted by Crippen LogP contribution is 2.22. The SMILES string of the molecule is C=CCN(CCO)Cc1c(F)ccc(Br)c1F. The summed E-state index contributed by atoms with van der Waals surface area (Å²) in [6, 6.07) is 2.55. The van der Waals surface area contributed by atoms with Crippen molar-refractivity contribution >= 4 is 15.9 Å². The molecule has 0 saturated heterocycles. The summed E-state index contributed by atoms with van der Waals surface area (Å²) in [5.41, 5.74) is -0.00493. The minimum absolute atomic E-state index is 0.00493. The molecule has 0 spiro atoms. The minimum Gasteiger partial charge on any atom is -0.395 e. The Bertz CT molecular complexity index is 398. The third-order valence-corrected chi connectivity index (χ3v) is 2.94. The Hall–Kier alpha value is -0.780. The van der Waals surface area contributed by atoms with E-state index in [4.69, 9.17) is 5.11 Å². The van der Waals surface area contributed by atoms with Gasteiger partial charge < -0.3 is 5.11 Å². The molecule has 0 unspecified atom stereocenters. The molecule has 94 valence electrons. The molecule has 0 atom stereocenters. The fourth-order valence-corrected chi connectivity index (χ4v) is 1.87. The quantitative estimate of drug-likeness (QED) is 0.645. The Morgan fingerprint density at radius 1 is 1.41 bits per heavy atom. The zero-order valence-corrected chi connectivity index (χ0v) is 10.9. The van der Waals surface area contributed by atoms with Crippen molar-refractivity contribution in [2.24, 2.45) is 0 Å².